The predicted octanol–water partition coefficient (Wildman–Crippen LogP) is 7.33. The molecule has 0 spiro atoms. The normalized spacial score (nSPS) is 10.5. The second-order valence-electron chi connectivity index (χ2n) is 7.44. The number of benzene rings is 3. The number of nitrogens with zero attached hydrogens (tertiary/aromatic N) is 1. The molecule has 0 fully saturated rings. The Hall–Kier alpha value is -3.27. The van der Waals surface area contributed by atoms with Crippen molar-refractivity contribution in [1.29, 1.82) is 0 Å². The van der Waals surface area contributed by atoms with E-state index in [0.717, 1.165) is 73.7 Å². The zero-order valence-corrected chi connectivity index (χ0v) is 18.4. The van der Waals surface area contributed by atoms with Gasteiger partial charge in [0, 0.05) is 22.6 Å². The summed E-state index contributed by atoms with van der Waals surface area (Å²) in [6, 6.07) is 23.8. The van der Waals surface area contributed by atoms with E-state index in [-0.39, 0.29) is 0 Å². The third kappa shape index (κ3) is 6.35. The van der Waals surface area contributed by atoms with Gasteiger partial charge in [0.05, 0.1) is 13.2 Å². The first-order valence-electron chi connectivity index (χ1n) is 11.1. The molecule has 0 aliphatic heterocycles. The molecule has 0 heterocycles. The molecule has 0 N–H and O–H groups in total. The Balaban J connectivity index is 1.87. The van der Waals surface area contributed by atoms with Crippen LogP contribution < -0.4 is 14.4 Å². The molecule has 0 bridgehead atoms. The number of rotatable bonds is 12. The molecule has 0 saturated carbocycles. The molecule has 4 heteroatoms. The molecule has 0 unspecified atom stereocenters. The van der Waals surface area contributed by atoms with Crippen LogP contribution in [0.15, 0.2) is 72.8 Å². The lowest BCUT2D eigenvalue weighted by atomic mass is 10.1. The number of ether oxygens (including phenoxy) is 2. The highest BCUT2D eigenvalue weighted by atomic mass is 16.5. The van der Waals surface area contributed by atoms with Gasteiger partial charge in [0.15, 0.2) is 0 Å². The highest BCUT2D eigenvalue weighted by molar-refractivity contribution is 5.80. The minimum absolute atomic E-state index is 0.656. The van der Waals surface area contributed by atoms with Crippen LogP contribution in [0.5, 0.6) is 11.5 Å². The fraction of sp³-hybridized carbons (Fsp3) is 0.296. The fourth-order valence-corrected chi connectivity index (χ4v) is 3.20. The molecule has 3 aromatic rings. The quantitative estimate of drug-likeness (QED) is 0.228. The van der Waals surface area contributed by atoms with Crippen molar-refractivity contribution in [2.75, 3.05) is 18.1 Å². The molecule has 31 heavy (non-hydrogen) atoms. The van der Waals surface area contributed by atoms with Crippen LogP contribution in [0.25, 0.3) is 0 Å². The molecule has 3 aromatic carbocycles. The van der Waals surface area contributed by atoms with Crippen LogP contribution in [-0.2, 0) is 0 Å². The molecule has 0 atom stereocenters. The van der Waals surface area contributed by atoms with Gasteiger partial charge in [-0.3, -0.25) is 4.79 Å². The average molecular weight is 418 g/mol. The molecule has 0 saturated heterocycles. The second kappa shape index (κ2) is 11.8. The maximum absolute atomic E-state index is 11.1. The third-order valence-electron chi connectivity index (χ3n) is 5.01. The van der Waals surface area contributed by atoms with Gasteiger partial charge >= 0.3 is 0 Å². The number of anilines is 3. The van der Waals surface area contributed by atoms with E-state index in [1.807, 2.05) is 48.5 Å². The highest BCUT2D eigenvalue weighted by Gasteiger charge is 2.13. The number of hydrogen-bond donors (Lipinski definition) is 0. The highest BCUT2D eigenvalue weighted by Crippen LogP contribution is 2.36. The number of unbranched alkanes of at least 4 members (excludes halogenated alkanes) is 2. The van der Waals surface area contributed by atoms with E-state index in [9.17, 15) is 4.79 Å². The van der Waals surface area contributed by atoms with E-state index in [1.165, 1.54) is 0 Å². The number of aldehydes is 1. The van der Waals surface area contributed by atoms with Crippen molar-refractivity contribution in [2.24, 2.45) is 0 Å². The van der Waals surface area contributed by atoms with E-state index >= 15 is 0 Å². The van der Waals surface area contributed by atoms with Gasteiger partial charge in [0.25, 0.3) is 0 Å². The lowest BCUT2D eigenvalue weighted by molar-refractivity contribution is 0.112. The minimum Gasteiger partial charge on any atom is -0.494 e. The molecule has 0 aromatic heterocycles. The molecule has 3 rings (SSSR count). The Morgan fingerprint density at radius 1 is 0.645 bits per heavy atom. The van der Waals surface area contributed by atoms with Crippen molar-refractivity contribution in [2.45, 2.75) is 39.5 Å². The maximum atomic E-state index is 11.1. The lowest BCUT2D eigenvalue weighted by Crippen LogP contribution is -2.10. The van der Waals surface area contributed by atoms with Gasteiger partial charge in [-0.15, -0.1) is 0 Å². The van der Waals surface area contributed by atoms with Gasteiger partial charge in [-0.1, -0.05) is 26.7 Å². The number of hydrogen-bond acceptors (Lipinski definition) is 4. The van der Waals surface area contributed by atoms with Crippen molar-refractivity contribution in [3.8, 4) is 11.5 Å². The Labute approximate surface area is 185 Å². The van der Waals surface area contributed by atoms with Gasteiger partial charge in [-0.2, -0.15) is 0 Å². The van der Waals surface area contributed by atoms with Crippen LogP contribution in [0.2, 0.25) is 0 Å². The van der Waals surface area contributed by atoms with Crippen LogP contribution in [0, 0.1) is 0 Å². The summed E-state index contributed by atoms with van der Waals surface area (Å²) in [6.45, 7) is 5.76. The van der Waals surface area contributed by atoms with Crippen LogP contribution >= 0.6 is 0 Å². The Bertz CT molecular complexity index is 865. The van der Waals surface area contributed by atoms with Crippen LogP contribution in [0.4, 0.5) is 17.1 Å². The average Bonchev–Trinajstić information content (AvgIpc) is 2.82. The van der Waals surface area contributed by atoms with Gasteiger partial charge in [-0.25, -0.2) is 0 Å². The summed E-state index contributed by atoms with van der Waals surface area (Å²) in [7, 11) is 0. The number of carbonyl (C=O) groups is 1. The molecule has 0 aliphatic rings. The summed E-state index contributed by atoms with van der Waals surface area (Å²) >= 11 is 0. The summed E-state index contributed by atoms with van der Waals surface area (Å²) < 4.78 is 11.6. The summed E-state index contributed by atoms with van der Waals surface area (Å²) in [5, 5.41) is 0. The molecule has 0 aliphatic carbocycles. The van der Waals surface area contributed by atoms with Crippen molar-refractivity contribution in [3.63, 3.8) is 0 Å². The number of carbonyl (C=O) groups excluding carboxylic acids is 1. The third-order valence-corrected chi connectivity index (χ3v) is 5.01. The summed E-state index contributed by atoms with van der Waals surface area (Å²) in [5.74, 6) is 1.74. The van der Waals surface area contributed by atoms with Crippen LogP contribution in [0.1, 0.15) is 49.9 Å². The van der Waals surface area contributed by atoms with Crippen LogP contribution in [-0.4, -0.2) is 19.5 Å². The molecule has 4 nitrogen and oxygen atoms in total. The summed E-state index contributed by atoms with van der Waals surface area (Å²) in [6.07, 6.45) is 5.17. The standard InChI is InChI=1S/C27H31NO3/c1-3-5-19-30-26-15-11-24(12-16-26)28(23-9-7-22(21-29)8-10-23)25-13-17-27(18-14-25)31-20-6-4-2/h7-18,21H,3-6,19-20H2,1-2H3. The Morgan fingerprint density at radius 3 is 1.39 bits per heavy atom. The van der Waals surface area contributed by atoms with Crippen LogP contribution in [0.3, 0.4) is 0 Å². The predicted molar refractivity (Wildman–Crippen MR) is 127 cm³/mol. The Morgan fingerprint density at radius 2 is 1.03 bits per heavy atom. The molecular formula is C27H31NO3. The molecule has 162 valence electrons. The van der Waals surface area contributed by atoms with Crippen molar-refractivity contribution in [1.82, 2.24) is 0 Å². The van der Waals surface area contributed by atoms with E-state index in [0.29, 0.717) is 5.56 Å². The first kappa shape index (κ1) is 22.4. The molecule has 0 amide bonds. The molecule has 0 radical (unpaired) electrons. The van der Waals surface area contributed by atoms with Gasteiger partial charge in [0.2, 0.25) is 0 Å². The monoisotopic (exact) mass is 417 g/mol. The van der Waals surface area contributed by atoms with Crippen molar-refractivity contribution in [3.05, 3.63) is 78.4 Å². The van der Waals surface area contributed by atoms with E-state index in [1.54, 1.807) is 0 Å². The van der Waals surface area contributed by atoms with Gasteiger partial charge < -0.3 is 14.4 Å². The van der Waals surface area contributed by atoms with E-state index in [2.05, 4.69) is 43.0 Å². The lowest BCUT2D eigenvalue weighted by Gasteiger charge is -2.26. The second-order valence-corrected chi connectivity index (χ2v) is 7.44. The van der Waals surface area contributed by atoms with Gasteiger partial charge in [-0.05, 0) is 85.6 Å². The topological polar surface area (TPSA) is 38.8 Å². The smallest absolute Gasteiger partial charge is 0.150 e. The minimum atomic E-state index is 0.656. The van der Waals surface area contributed by atoms with Crippen molar-refractivity contribution < 1.29 is 14.3 Å². The zero-order chi connectivity index (χ0) is 21.9. The largest absolute Gasteiger partial charge is 0.494 e. The first-order chi connectivity index (χ1) is 15.2. The van der Waals surface area contributed by atoms with E-state index in [4.69, 9.17) is 9.47 Å². The summed E-state index contributed by atoms with van der Waals surface area (Å²) in [4.78, 5) is 13.2. The SMILES string of the molecule is CCCCOc1ccc(N(c2ccc(C=O)cc2)c2ccc(OCCCC)cc2)cc1. The summed E-state index contributed by atoms with van der Waals surface area (Å²) in [5.41, 5.74) is 3.66. The van der Waals surface area contributed by atoms with E-state index < -0.39 is 0 Å². The van der Waals surface area contributed by atoms with Gasteiger partial charge in [0.1, 0.15) is 17.8 Å². The maximum Gasteiger partial charge on any atom is 0.150 e. The van der Waals surface area contributed by atoms with Crippen molar-refractivity contribution >= 4 is 23.3 Å². The zero-order valence-electron chi connectivity index (χ0n) is 18.4. The Kier molecular flexibility index (Phi) is 8.53. The fourth-order valence-electron chi connectivity index (χ4n) is 3.20. The first-order valence-corrected chi connectivity index (χ1v) is 11.1. The molecular weight excluding hydrogens is 386 g/mol.